The largest absolute Gasteiger partial charge is 0.530 e. The zero-order valence-electron chi connectivity index (χ0n) is 51.0. The third-order valence-corrected chi connectivity index (χ3v) is 18.0. The van der Waals surface area contributed by atoms with E-state index in [1.807, 2.05) is 48.5 Å². The van der Waals surface area contributed by atoms with Crippen LogP contribution < -0.4 is 46.1 Å². The second kappa shape index (κ2) is 21.3. The van der Waals surface area contributed by atoms with Gasteiger partial charge in [0.1, 0.15) is 33.9 Å². The van der Waals surface area contributed by atoms with Crippen LogP contribution in [0.3, 0.4) is 0 Å². The Morgan fingerprint density at radius 2 is 0.630 bits per heavy atom. The molecule has 0 aromatic heterocycles. The highest BCUT2D eigenvalue weighted by molar-refractivity contribution is 7.99. The molecule has 0 saturated heterocycles. The van der Waals surface area contributed by atoms with Crippen molar-refractivity contribution >= 4 is 29.0 Å². The molecular formula is C68H84O10P2S. The van der Waals surface area contributed by atoms with E-state index in [1.54, 1.807) is 11.8 Å². The van der Waals surface area contributed by atoms with Crippen molar-refractivity contribution in [3.63, 3.8) is 0 Å². The fourth-order valence-corrected chi connectivity index (χ4v) is 15.6. The Morgan fingerprint density at radius 1 is 0.370 bits per heavy atom. The van der Waals surface area contributed by atoms with E-state index in [0.29, 0.717) is 57.5 Å². The lowest BCUT2D eigenvalue weighted by atomic mass is 9.72. The van der Waals surface area contributed by atoms with Crippen LogP contribution in [0.5, 0.6) is 57.5 Å². The molecule has 10 rings (SSSR count). The van der Waals surface area contributed by atoms with E-state index in [0.717, 1.165) is 81.7 Å². The molecule has 0 saturated carbocycles. The SMILES string of the molecule is CC(C)(C)CC(C)(C)c1ccc(OP(Oc2cccc3c2OC(C)(C)C3)Oc2cccc3c2OC(C)(C)C3)c(Sc2cc(C(C)(C)CC(C)(C)C)ccc2OP(Oc2cccc3c2OC(C)(C)C3)Oc2cccc3c2OC(C)(C)C3)c1. The Labute approximate surface area is 489 Å². The van der Waals surface area contributed by atoms with E-state index in [1.165, 1.54) is 0 Å². The summed E-state index contributed by atoms with van der Waals surface area (Å²) in [4.78, 5) is 1.69. The zero-order valence-corrected chi connectivity index (χ0v) is 53.6. The second-order valence-electron chi connectivity index (χ2n) is 28.8. The summed E-state index contributed by atoms with van der Waals surface area (Å²) in [6.07, 6.45) is 4.85. The summed E-state index contributed by atoms with van der Waals surface area (Å²) in [5.74, 6) is 6.09. The lowest BCUT2D eigenvalue weighted by Gasteiger charge is -2.34. The molecule has 0 fully saturated rings. The highest BCUT2D eigenvalue weighted by Crippen LogP contribution is 2.57. The molecule has 0 atom stereocenters. The lowest BCUT2D eigenvalue weighted by molar-refractivity contribution is 0.134. The molecule has 0 aliphatic carbocycles. The number of fused-ring (bicyclic) bond motifs is 4. The van der Waals surface area contributed by atoms with Gasteiger partial charge >= 0.3 is 17.2 Å². The van der Waals surface area contributed by atoms with Crippen LogP contribution in [-0.4, -0.2) is 22.4 Å². The van der Waals surface area contributed by atoms with Gasteiger partial charge in [-0.15, -0.1) is 0 Å². The average molecular weight is 1160 g/mol. The van der Waals surface area contributed by atoms with Crippen LogP contribution in [0.25, 0.3) is 0 Å². The molecule has 432 valence electrons. The summed E-state index contributed by atoms with van der Waals surface area (Å²) in [6, 6.07) is 37.1. The fraction of sp³-hybridized carbons (Fsp3) is 0.471. The van der Waals surface area contributed by atoms with Gasteiger partial charge in [0.15, 0.2) is 46.0 Å². The van der Waals surface area contributed by atoms with Crippen molar-refractivity contribution in [1.82, 2.24) is 0 Å². The van der Waals surface area contributed by atoms with Gasteiger partial charge in [0.25, 0.3) is 0 Å². The molecule has 13 heteroatoms. The van der Waals surface area contributed by atoms with Crippen molar-refractivity contribution in [2.45, 2.75) is 206 Å². The van der Waals surface area contributed by atoms with E-state index >= 15 is 0 Å². The van der Waals surface area contributed by atoms with Gasteiger partial charge in [0.05, 0.1) is 9.79 Å². The van der Waals surface area contributed by atoms with Gasteiger partial charge in [-0.2, -0.15) is 0 Å². The molecule has 0 amide bonds. The molecule has 6 aromatic carbocycles. The Balaban J connectivity index is 1.10. The summed E-state index contributed by atoms with van der Waals surface area (Å²) >= 11 is 1.58. The minimum atomic E-state index is -2.22. The zero-order chi connectivity index (χ0) is 58.3. The van der Waals surface area contributed by atoms with Crippen LogP contribution in [0.1, 0.15) is 171 Å². The monoisotopic (exact) mass is 1150 g/mol. The van der Waals surface area contributed by atoms with Crippen LogP contribution in [0.4, 0.5) is 0 Å². The van der Waals surface area contributed by atoms with Crippen LogP contribution in [-0.2, 0) is 36.5 Å². The number of ether oxygens (including phenoxy) is 4. The van der Waals surface area contributed by atoms with Gasteiger partial charge in [-0.3, -0.25) is 0 Å². The van der Waals surface area contributed by atoms with E-state index < -0.39 is 39.6 Å². The molecule has 0 unspecified atom stereocenters. The minimum absolute atomic E-state index is 0.0472. The van der Waals surface area contributed by atoms with Crippen LogP contribution >= 0.6 is 29.0 Å². The van der Waals surface area contributed by atoms with Crippen molar-refractivity contribution in [2.24, 2.45) is 10.8 Å². The number of para-hydroxylation sites is 4. The Hall–Kier alpha value is -5.47. The average Bonchev–Trinajstić information content (AvgIpc) is 4.18. The molecule has 0 spiro atoms. The third kappa shape index (κ3) is 13.8. The Morgan fingerprint density at radius 3 is 0.889 bits per heavy atom. The van der Waals surface area contributed by atoms with Crippen molar-refractivity contribution in [3.8, 4) is 57.5 Å². The molecule has 81 heavy (non-hydrogen) atoms. The normalized spacial score (nSPS) is 17.2. The maximum absolute atomic E-state index is 7.25. The highest BCUT2D eigenvalue weighted by atomic mass is 32.2. The molecule has 4 heterocycles. The fourth-order valence-electron chi connectivity index (χ4n) is 12.4. The summed E-state index contributed by atoms with van der Waals surface area (Å²) in [5.41, 5.74) is 4.60. The van der Waals surface area contributed by atoms with Crippen LogP contribution in [0.15, 0.2) is 119 Å². The van der Waals surface area contributed by atoms with Gasteiger partial charge in [0.2, 0.25) is 0 Å². The Bertz CT molecular complexity index is 2970. The molecule has 6 aromatic rings. The van der Waals surface area contributed by atoms with E-state index in [9.17, 15) is 0 Å². The van der Waals surface area contributed by atoms with Gasteiger partial charge in [-0.1, -0.05) is 142 Å². The molecular weight excluding hydrogens is 1070 g/mol. The van der Waals surface area contributed by atoms with Gasteiger partial charge in [0, 0.05) is 47.9 Å². The quantitative estimate of drug-likeness (QED) is 0.0771. The molecule has 10 nitrogen and oxygen atoms in total. The van der Waals surface area contributed by atoms with Crippen LogP contribution in [0, 0.1) is 10.8 Å². The first-order valence-electron chi connectivity index (χ1n) is 28.6. The van der Waals surface area contributed by atoms with Crippen molar-refractivity contribution in [2.75, 3.05) is 0 Å². The van der Waals surface area contributed by atoms with E-state index in [4.69, 9.17) is 46.1 Å². The first kappa shape index (κ1) is 58.7. The number of rotatable bonds is 18. The summed E-state index contributed by atoms with van der Waals surface area (Å²) < 4.78 is 68.7. The summed E-state index contributed by atoms with van der Waals surface area (Å²) in [7, 11) is -4.44. The standard InChI is InChI=1S/C68H84O10P2S/c1-61(2,3)41-63(7,8)47-31-33-49(73-79(75-51-27-19-23-43-37-65(11,12)69-57(43)51)76-52-28-20-24-44-38-66(13,14)70-58(44)52)55(35-47)81-56-36-48(64(9,10)42-62(4,5)6)32-34-50(56)74-80(77-53-29-21-25-45-39-67(15,16)71-59(45)53)78-54-30-22-26-46-40-68(17,18)72-60(46)54/h19-36H,37-42H2,1-18H3. The van der Waals surface area contributed by atoms with Gasteiger partial charge < -0.3 is 46.1 Å². The smallest absolute Gasteiger partial charge is 0.483 e. The molecule has 0 radical (unpaired) electrons. The predicted molar refractivity (Wildman–Crippen MR) is 328 cm³/mol. The van der Waals surface area contributed by atoms with Crippen molar-refractivity contribution in [3.05, 3.63) is 143 Å². The Kier molecular flexibility index (Phi) is 15.4. The number of hydrogen-bond acceptors (Lipinski definition) is 11. The highest BCUT2D eigenvalue weighted by Gasteiger charge is 2.40. The van der Waals surface area contributed by atoms with Crippen molar-refractivity contribution < 1.29 is 46.1 Å². The van der Waals surface area contributed by atoms with E-state index in [-0.39, 0.29) is 21.7 Å². The van der Waals surface area contributed by atoms with Gasteiger partial charge in [-0.05, 0) is 150 Å². The van der Waals surface area contributed by atoms with Gasteiger partial charge in [-0.25, -0.2) is 0 Å². The predicted octanol–water partition coefficient (Wildman–Crippen LogP) is 19.6. The lowest BCUT2D eigenvalue weighted by Crippen LogP contribution is -2.25. The summed E-state index contributed by atoms with van der Waals surface area (Å²) in [6.45, 7) is 39.8. The second-order valence-corrected chi connectivity index (χ2v) is 31.9. The maximum atomic E-state index is 7.25. The molecule has 4 aliphatic heterocycles. The van der Waals surface area contributed by atoms with Crippen molar-refractivity contribution in [1.29, 1.82) is 0 Å². The third-order valence-electron chi connectivity index (χ3n) is 14.9. The summed E-state index contributed by atoms with van der Waals surface area (Å²) in [5, 5.41) is 0. The minimum Gasteiger partial charge on any atom is -0.483 e. The first-order chi connectivity index (χ1) is 37.7. The maximum Gasteiger partial charge on any atom is 0.530 e. The first-order valence-corrected chi connectivity index (χ1v) is 31.6. The molecule has 4 aliphatic rings. The topological polar surface area (TPSA) is 92.3 Å². The molecule has 0 bridgehead atoms. The van der Waals surface area contributed by atoms with E-state index in [2.05, 4.69) is 185 Å². The number of benzene rings is 6. The number of hydrogen-bond donors (Lipinski definition) is 0. The molecule has 0 N–H and O–H groups in total. The van der Waals surface area contributed by atoms with Crippen LogP contribution in [0.2, 0.25) is 0 Å².